The summed E-state index contributed by atoms with van der Waals surface area (Å²) in [6.45, 7) is 4.28. The molecule has 2 aromatic rings. The van der Waals surface area contributed by atoms with Crippen LogP contribution in [0.1, 0.15) is 13.8 Å². The largest absolute Gasteiger partial charge is 0.507 e. The number of rotatable bonds is 4. The molecule has 106 valence electrons. The number of phenolic OH excluding ortho intramolecular Hbond substituents is 1. The minimum Gasteiger partial charge on any atom is -0.507 e. The second-order valence-electron chi connectivity index (χ2n) is 5.25. The zero-order chi connectivity index (χ0) is 14.7. The van der Waals surface area contributed by atoms with Gasteiger partial charge in [-0.15, -0.1) is 0 Å². The Bertz CT molecular complexity index is 623. The van der Waals surface area contributed by atoms with Gasteiger partial charge >= 0.3 is 0 Å². The van der Waals surface area contributed by atoms with Crippen molar-refractivity contribution in [3.8, 4) is 5.75 Å². The summed E-state index contributed by atoms with van der Waals surface area (Å²) in [5, 5.41) is 14.3. The molecule has 0 radical (unpaired) electrons. The molecule has 1 unspecified atom stereocenters. The molecule has 20 heavy (non-hydrogen) atoms. The van der Waals surface area contributed by atoms with Crippen LogP contribution in [0, 0.1) is 11.8 Å². The van der Waals surface area contributed by atoms with Gasteiger partial charge in [0, 0.05) is 23.0 Å². The van der Waals surface area contributed by atoms with E-state index in [1.54, 1.807) is 12.1 Å². The Morgan fingerprint density at radius 1 is 1.20 bits per heavy atom. The van der Waals surface area contributed by atoms with Gasteiger partial charge < -0.3 is 16.2 Å². The highest BCUT2D eigenvalue weighted by atomic mass is 16.3. The van der Waals surface area contributed by atoms with E-state index in [2.05, 4.69) is 5.32 Å². The zero-order valence-electron chi connectivity index (χ0n) is 11.8. The van der Waals surface area contributed by atoms with Crippen LogP contribution in [0.15, 0.2) is 36.4 Å². The van der Waals surface area contributed by atoms with Gasteiger partial charge in [-0.25, -0.2) is 0 Å². The molecule has 4 heteroatoms. The van der Waals surface area contributed by atoms with Crippen molar-refractivity contribution in [2.45, 2.75) is 13.8 Å². The van der Waals surface area contributed by atoms with Crippen molar-refractivity contribution in [1.29, 1.82) is 0 Å². The van der Waals surface area contributed by atoms with Crippen LogP contribution in [0.3, 0.4) is 0 Å². The number of fused-ring (bicyclic) bond motifs is 1. The number of benzene rings is 2. The molecule has 0 saturated carbocycles. The number of nitrogens with two attached hydrogens (primary N) is 1. The molecular formula is C16H20N2O2. The van der Waals surface area contributed by atoms with Crippen LogP contribution in [-0.2, 0) is 4.79 Å². The van der Waals surface area contributed by atoms with Crippen molar-refractivity contribution in [2.75, 3.05) is 11.9 Å². The molecule has 1 atom stereocenters. The Morgan fingerprint density at radius 2 is 1.85 bits per heavy atom. The fourth-order valence-corrected chi connectivity index (χ4v) is 2.31. The SMILES string of the molecule is CC(C)C(CN)C(=O)Nc1cccc2c(O)cccc12. The molecule has 4 N–H and O–H groups in total. The van der Waals surface area contributed by atoms with Gasteiger partial charge in [-0.1, -0.05) is 38.1 Å². The summed E-state index contributed by atoms with van der Waals surface area (Å²) in [7, 11) is 0. The Balaban J connectivity index is 2.35. The molecule has 0 aliphatic rings. The monoisotopic (exact) mass is 272 g/mol. The Morgan fingerprint density at radius 3 is 2.50 bits per heavy atom. The van der Waals surface area contributed by atoms with Crippen molar-refractivity contribution in [1.82, 2.24) is 0 Å². The van der Waals surface area contributed by atoms with Crippen molar-refractivity contribution in [2.24, 2.45) is 17.6 Å². The van der Waals surface area contributed by atoms with Gasteiger partial charge in [0.05, 0.1) is 5.92 Å². The van der Waals surface area contributed by atoms with Crippen LogP contribution >= 0.6 is 0 Å². The summed E-state index contributed by atoms with van der Waals surface area (Å²) in [5.74, 6) is 0.0853. The van der Waals surface area contributed by atoms with E-state index < -0.39 is 0 Å². The lowest BCUT2D eigenvalue weighted by Gasteiger charge is -2.19. The first-order valence-corrected chi connectivity index (χ1v) is 6.76. The van der Waals surface area contributed by atoms with Crippen LogP contribution in [0.2, 0.25) is 0 Å². The zero-order valence-corrected chi connectivity index (χ0v) is 11.8. The van der Waals surface area contributed by atoms with E-state index in [9.17, 15) is 9.90 Å². The predicted octanol–water partition coefficient (Wildman–Crippen LogP) is 2.71. The lowest BCUT2D eigenvalue weighted by atomic mass is 9.95. The molecule has 4 nitrogen and oxygen atoms in total. The van der Waals surface area contributed by atoms with Crippen molar-refractivity contribution in [3.63, 3.8) is 0 Å². The minimum absolute atomic E-state index is 0.0849. The Hall–Kier alpha value is -2.07. The first-order valence-electron chi connectivity index (χ1n) is 6.76. The summed E-state index contributed by atoms with van der Waals surface area (Å²) in [4.78, 5) is 12.3. The summed E-state index contributed by atoms with van der Waals surface area (Å²) in [6, 6.07) is 10.7. The highest BCUT2D eigenvalue weighted by Gasteiger charge is 2.21. The van der Waals surface area contributed by atoms with Crippen molar-refractivity contribution < 1.29 is 9.90 Å². The number of nitrogens with one attached hydrogen (secondary N) is 1. The van der Waals surface area contributed by atoms with Gasteiger partial charge in [-0.3, -0.25) is 4.79 Å². The molecule has 0 aliphatic heterocycles. The standard InChI is InChI=1S/C16H20N2O2/c1-10(2)13(9-17)16(20)18-14-7-3-6-12-11(14)5-4-8-15(12)19/h3-8,10,13,19H,9,17H2,1-2H3,(H,18,20). The lowest BCUT2D eigenvalue weighted by molar-refractivity contribution is -0.120. The maximum atomic E-state index is 12.3. The van der Waals surface area contributed by atoms with Gasteiger partial charge in [0.2, 0.25) is 5.91 Å². The van der Waals surface area contributed by atoms with Crippen LogP contribution in [0.4, 0.5) is 5.69 Å². The Labute approximate surface area is 118 Å². The van der Waals surface area contributed by atoms with E-state index in [0.29, 0.717) is 12.2 Å². The highest BCUT2D eigenvalue weighted by molar-refractivity contribution is 6.04. The van der Waals surface area contributed by atoms with Gasteiger partial charge in [-0.05, 0) is 18.1 Å². The number of hydrogen-bond donors (Lipinski definition) is 3. The second kappa shape index (κ2) is 5.92. The second-order valence-corrected chi connectivity index (χ2v) is 5.25. The predicted molar refractivity (Wildman–Crippen MR) is 81.6 cm³/mol. The van der Waals surface area contributed by atoms with Gasteiger partial charge in [0.1, 0.15) is 5.75 Å². The number of phenols is 1. The Kier molecular flexibility index (Phi) is 4.25. The van der Waals surface area contributed by atoms with Crippen LogP contribution in [0.25, 0.3) is 10.8 Å². The quantitative estimate of drug-likeness (QED) is 0.801. The number of anilines is 1. The summed E-state index contributed by atoms with van der Waals surface area (Å²) in [5.41, 5.74) is 6.36. The molecule has 2 rings (SSSR count). The minimum atomic E-state index is -0.220. The van der Waals surface area contributed by atoms with Crippen LogP contribution in [0.5, 0.6) is 5.75 Å². The van der Waals surface area contributed by atoms with E-state index in [1.165, 1.54) is 0 Å². The van der Waals surface area contributed by atoms with Crippen molar-refractivity contribution >= 4 is 22.4 Å². The van der Waals surface area contributed by atoms with Gasteiger partial charge in [0.25, 0.3) is 0 Å². The summed E-state index contributed by atoms with van der Waals surface area (Å²) < 4.78 is 0. The maximum absolute atomic E-state index is 12.3. The molecule has 0 aromatic heterocycles. The third-order valence-corrected chi connectivity index (χ3v) is 3.55. The maximum Gasteiger partial charge on any atom is 0.229 e. The number of carbonyl (C=O) groups is 1. The fourth-order valence-electron chi connectivity index (χ4n) is 2.31. The number of amides is 1. The molecule has 0 saturated heterocycles. The van der Waals surface area contributed by atoms with E-state index in [4.69, 9.17) is 5.73 Å². The average molecular weight is 272 g/mol. The smallest absolute Gasteiger partial charge is 0.229 e. The molecule has 0 aliphatic carbocycles. The molecule has 0 bridgehead atoms. The molecular weight excluding hydrogens is 252 g/mol. The van der Waals surface area contributed by atoms with E-state index in [0.717, 1.165) is 10.8 Å². The topological polar surface area (TPSA) is 75.4 Å². The van der Waals surface area contributed by atoms with E-state index in [-0.39, 0.29) is 23.5 Å². The molecule has 0 fully saturated rings. The number of aromatic hydroxyl groups is 1. The summed E-state index contributed by atoms with van der Waals surface area (Å²) >= 11 is 0. The van der Waals surface area contributed by atoms with Gasteiger partial charge in [-0.2, -0.15) is 0 Å². The molecule has 0 spiro atoms. The molecule has 2 aromatic carbocycles. The van der Waals surface area contributed by atoms with E-state index >= 15 is 0 Å². The first-order chi connectivity index (χ1) is 9.54. The van der Waals surface area contributed by atoms with E-state index in [1.807, 2.05) is 38.1 Å². The molecule has 0 heterocycles. The third kappa shape index (κ3) is 2.75. The number of hydrogen-bond acceptors (Lipinski definition) is 3. The first kappa shape index (κ1) is 14.3. The average Bonchev–Trinajstić information content (AvgIpc) is 2.40. The fraction of sp³-hybridized carbons (Fsp3) is 0.312. The number of carbonyl (C=O) groups excluding carboxylic acids is 1. The van der Waals surface area contributed by atoms with Gasteiger partial charge in [0.15, 0.2) is 0 Å². The lowest BCUT2D eigenvalue weighted by Crippen LogP contribution is -2.33. The van der Waals surface area contributed by atoms with Crippen LogP contribution < -0.4 is 11.1 Å². The summed E-state index contributed by atoms with van der Waals surface area (Å²) in [6.07, 6.45) is 0. The third-order valence-electron chi connectivity index (χ3n) is 3.55. The molecule has 1 amide bonds. The highest BCUT2D eigenvalue weighted by Crippen LogP contribution is 2.30. The van der Waals surface area contributed by atoms with Crippen LogP contribution in [-0.4, -0.2) is 17.6 Å². The van der Waals surface area contributed by atoms with Crippen molar-refractivity contribution in [3.05, 3.63) is 36.4 Å². The normalized spacial score (nSPS) is 12.6.